The molecule has 2 aromatic carbocycles. The molecule has 8 nitrogen and oxygen atoms in total. The third-order valence-corrected chi connectivity index (χ3v) is 6.77. The molecule has 0 radical (unpaired) electrons. The minimum absolute atomic E-state index is 0.168. The summed E-state index contributed by atoms with van der Waals surface area (Å²) in [5, 5.41) is 0. The molecule has 192 valence electrons. The number of hydrogen-bond donors (Lipinski definition) is 1. The summed E-state index contributed by atoms with van der Waals surface area (Å²) in [5.74, 6) is 2.15. The first kappa shape index (κ1) is 24.0. The predicted octanol–water partition coefficient (Wildman–Crippen LogP) is 4.67. The molecule has 1 aliphatic heterocycles. The van der Waals surface area contributed by atoms with Crippen molar-refractivity contribution in [3.05, 3.63) is 101 Å². The second-order valence-electron chi connectivity index (χ2n) is 9.96. The maximum absolute atomic E-state index is 14.4. The largest absolute Gasteiger partial charge is 0.489 e. The third-order valence-electron chi connectivity index (χ3n) is 6.77. The van der Waals surface area contributed by atoms with Crippen LogP contribution in [0.25, 0.3) is 16.8 Å². The molecule has 0 amide bonds. The lowest BCUT2D eigenvalue weighted by molar-refractivity contribution is -0.0545. The molecule has 0 bridgehead atoms. The number of rotatable bonds is 7. The molecule has 2 N–H and O–H groups in total. The Bertz CT molecular complexity index is 1610. The second kappa shape index (κ2) is 9.50. The number of anilines is 1. The zero-order valence-electron chi connectivity index (χ0n) is 21.2. The number of nitrogen functional groups attached to an aromatic ring is 1. The lowest BCUT2D eigenvalue weighted by Crippen LogP contribution is -2.45. The van der Waals surface area contributed by atoms with E-state index in [0.29, 0.717) is 37.0 Å². The number of benzene rings is 2. The van der Waals surface area contributed by atoms with Crippen LogP contribution < -0.4 is 10.5 Å². The van der Waals surface area contributed by atoms with Gasteiger partial charge in [-0.15, -0.1) is 0 Å². The highest BCUT2D eigenvalue weighted by molar-refractivity contribution is 5.85. The van der Waals surface area contributed by atoms with Crippen molar-refractivity contribution in [2.45, 2.75) is 32.3 Å². The Labute approximate surface area is 219 Å². The summed E-state index contributed by atoms with van der Waals surface area (Å²) in [5.41, 5.74) is 11.3. The van der Waals surface area contributed by atoms with E-state index in [1.807, 2.05) is 47.9 Å². The van der Waals surface area contributed by atoms with Crippen LogP contribution in [-0.2, 0) is 23.2 Å². The number of hydrogen-bond acceptors (Lipinski definition) is 7. The van der Waals surface area contributed by atoms with Crippen LogP contribution in [0.2, 0.25) is 0 Å². The third kappa shape index (κ3) is 4.56. The van der Waals surface area contributed by atoms with Gasteiger partial charge in [-0.05, 0) is 43.5 Å². The maximum Gasteiger partial charge on any atom is 0.150 e. The van der Waals surface area contributed by atoms with Crippen molar-refractivity contribution >= 4 is 11.3 Å². The van der Waals surface area contributed by atoms with E-state index in [4.69, 9.17) is 20.2 Å². The number of aromatic nitrogens is 5. The average Bonchev–Trinajstić information content (AvgIpc) is 3.28. The van der Waals surface area contributed by atoms with E-state index in [1.165, 1.54) is 12.1 Å². The molecular formula is C29H27FN6O2. The molecule has 38 heavy (non-hydrogen) atoms. The molecule has 1 saturated heterocycles. The summed E-state index contributed by atoms with van der Waals surface area (Å²) in [7, 11) is 0. The van der Waals surface area contributed by atoms with Gasteiger partial charge >= 0.3 is 0 Å². The smallest absolute Gasteiger partial charge is 0.150 e. The monoisotopic (exact) mass is 510 g/mol. The Kier molecular flexibility index (Phi) is 6.00. The van der Waals surface area contributed by atoms with E-state index in [0.717, 1.165) is 39.3 Å². The summed E-state index contributed by atoms with van der Waals surface area (Å²) in [4.78, 5) is 17.6. The van der Waals surface area contributed by atoms with Crippen LogP contribution in [-0.4, -0.2) is 37.6 Å². The van der Waals surface area contributed by atoms with Crippen molar-refractivity contribution in [1.29, 1.82) is 0 Å². The van der Waals surface area contributed by atoms with Gasteiger partial charge in [-0.3, -0.25) is 4.40 Å². The summed E-state index contributed by atoms with van der Waals surface area (Å²) in [6.07, 6.45) is 7.55. The van der Waals surface area contributed by atoms with Gasteiger partial charge in [-0.25, -0.2) is 24.3 Å². The molecule has 5 aromatic rings. The van der Waals surface area contributed by atoms with E-state index >= 15 is 0 Å². The van der Waals surface area contributed by atoms with Gasteiger partial charge in [0, 0.05) is 42.0 Å². The Morgan fingerprint density at radius 3 is 2.50 bits per heavy atom. The molecule has 6 rings (SSSR count). The van der Waals surface area contributed by atoms with Gasteiger partial charge in [0.05, 0.1) is 18.6 Å². The zero-order valence-corrected chi connectivity index (χ0v) is 21.2. The van der Waals surface area contributed by atoms with Crippen LogP contribution in [0.3, 0.4) is 0 Å². The predicted molar refractivity (Wildman–Crippen MR) is 141 cm³/mol. The number of ether oxygens (including phenoxy) is 2. The number of aryl methyl sites for hydroxylation is 1. The summed E-state index contributed by atoms with van der Waals surface area (Å²) in [6.45, 7) is 5.46. The van der Waals surface area contributed by atoms with Gasteiger partial charge in [-0.1, -0.05) is 24.3 Å². The maximum atomic E-state index is 14.4. The molecule has 0 unspecified atom stereocenters. The lowest BCUT2D eigenvalue weighted by Gasteiger charge is -2.36. The van der Waals surface area contributed by atoms with E-state index in [-0.39, 0.29) is 17.8 Å². The van der Waals surface area contributed by atoms with Crippen molar-refractivity contribution in [3.63, 3.8) is 0 Å². The first-order chi connectivity index (χ1) is 18.4. The van der Waals surface area contributed by atoms with Gasteiger partial charge < -0.3 is 15.2 Å². The first-order valence-corrected chi connectivity index (χ1v) is 12.4. The quantitative estimate of drug-likeness (QED) is 0.339. The van der Waals surface area contributed by atoms with Gasteiger partial charge in [0.2, 0.25) is 0 Å². The first-order valence-electron chi connectivity index (χ1n) is 12.4. The minimum atomic E-state index is -0.345. The highest BCUT2D eigenvalue weighted by Gasteiger charge is 2.40. The topological polar surface area (TPSA) is 100 Å². The fourth-order valence-corrected chi connectivity index (χ4v) is 4.71. The second-order valence-corrected chi connectivity index (χ2v) is 9.96. The molecule has 0 spiro atoms. The standard InChI is InChI=1S/C29H27FN6O2/c1-18-33-13-21(14-34-18)15-38-24-11-20(10-23(30)12-24)9-19-3-5-22(6-4-19)25-26-27(31)32-7-8-36(26)28(35-25)29(2)16-37-17-29/h3-8,10-14H,9,15-17H2,1-2H3,(H2,31,32). The van der Waals surface area contributed by atoms with Crippen molar-refractivity contribution < 1.29 is 13.9 Å². The van der Waals surface area contributed by atoms with Gasteiger partial charge in [0.1, 0.15) is 46.9 Å². The fourth-order valence-electron chi connectivity index (χ4n) is 4.71. The Balaban J connectivity index is 1.23. The molecule has 0 aliphatic carbocycles. The van der Waals surface area contributed by atoms with Crippen molar-refractivity contribution in [2.24, 2.45) is 0 Å². The van der Waals surface area contributed by atoms with E-state index < -0.39 is 0 Å². The van der Waals surface area contributed by atoms with Gasteiger partial charge in [0.25, 0.3) is 0 Å². The van der Waals surface area contributed by atoms with Crippen LogP contribution in [0.1, 0.15) is 35.3 Å². The molecule has 1 aliphatic rings. The minimum Gasteiger partial charge on any atom is -0.489 e. The van der Waals surface area contributed by atoms with Crippen LogP contribution in [0.4, 0.5) is 10.2 Å². The summed E-state index contributed by atoms with van der Waals surface area (Å²) < 4.78 is 27.7. The van der Waals surface area contributed by atoms with Crippen LogP contribution in [0, 0.1) is 12.7 Å². The number of halogens is 1. The molecule has 3 aromatic heterocycles. The number of fused-ring (bicyclic) bond motifs is 1. The Morgan fingerprint density at radius 1 is 1.03 bits per heavy atom. The van der Waals surface area contributed by atoms with Crippen molar-refractivity contribution in [1.82, 2.24) is 24.3 Å². The number of nitrogens with two attached hydrogens (primary N) is 1. The fraction of sp³-hybridized carbons (Fsp3) is 0.241. The van der Waals surface area contributed by atoms with Gasteiger partial charge in [-0.2, -0.15) is 0 Å². The molecule has 4 heterocycles. The van der Waals surface area contributed by atoms with E-state index in [1.54, 1.807) is 18.6 Å². The lowest BCUT2D eigenvalue weighted by atomic mass is 9.88. The Hall–Kier alpha value is -4.37. The highest BCUT2D eigenvalue weighted by Crippen LogP contribution is 2.36. The normalized spacial score (nSPS) is 14.4. The molecule has 1 fully saturated rings. The Morgan fingerprint density at radius 2 is 1.79 bits per heavy atom. The molecular weight excluding hydrogens is 483 g/mol. The highest BCUT2D eigenvalue weighted by atomic mass is 19.1. The summed E-state index contributed by atoms with van der Waals surface area (Å²) >= 11 is 0. The average molecular weight is 511 g/mol. The zero-order chi connectivity index (χ0) is 26.3. The van der Waals surface area contributed by atoms with Crippen LogP contribution in [0.5, 0.6) is 5.75 Å². The summed E-state index contributed by atoms with van der Waals surface area (Å²) in [6, 6.07) is 12.8. The SMILES string of the molecule is Cc1ncc(COc2cc(F)cc(Cc3ccc(-c4nc(C5(C)COC5)n5ccnc(N)c45)cc3)c2)cn1. The van der Waals surface area contributed by atoms with E-state index in [2.05, 4.69) is 21.9 Å². The van der Waals surface area contributed by atoms with Gasteiger partial charge in [0.15, 0.2) is 0 Å². The molecule has 9 heteroatoms. The van der Waals surface area contributed by atoms with Crippen LogP contribution >= 0.6 is 0 Å². The number of imidazole rings is 1. The van der Waals surface area contributed by atoms with E-state index in [9.17, 15) is 4.39 Å². The number of nitrogens with zero attached hydrogens (tertiary/aromatic N) is 5. The molecule has 0 atom stereocenters. The van der Waals surface area contributed by atoms with Crippen LogP contribution in [0.15, 0.2) is 67.3 Å². The molecule has 0 saturated carbocycles. The van der Waals surface area contributed by atoms with Crippen molar-refractivity contribution in [3.8, 4) is 17.0 Å². The van der Waals surface area contributed by atoms with Crippen molar-refractivity contribution in [2.75, 3.05) is 18.9 Å².